The van der Waals surface area contributed by atoms with Crippen LogP contribution < -0.4 is 0 Å². The lowest BCUT2D eigenvalue weighted by Crippen LogP contribution is -2.47. The molecule has 0 amide bonds. The van der Waals surface area contributed by atoms with Crippen molar-refractivity contribution in [3.8, 4) is 0 Å². The molecule has 0 N–H and O–H groups in total. The maximum Gasteiger partial charge on any atom is 0.150 e. The Morgan fingerprint density at radius 2 is 1.70 bits per heavy atom. The van der Waals surface area contributed by atoms with Crippen LogP contribution in [0.2, 0.25) is 0 Å². The van der Waals surface area contributed by atoms with Crippen molar-refractivity contribution in [2.45, 2.75) is 64.3 Å². The lowest BCUT2D eigenvalue weighted by molar-refractivity contribution is -0.128. The van der Waals surface area contributed by atoms with Crippen LogP contribution in [0, 0.1) is 29.6 Å². The smallest absolute Gasteiger partial charge is 0.150 e. The average molecular weight is 275 g/mol. The zero-order chi connectivity index (χ0) is 13.7. The number of nitrogens with zero attached hydrogens (tertiary/aromatic N) is 1. The van der Waals surface area contributed by atoms with E-state index >= 15 is 0 Å². The highest BCUT2D eigenvalue weighted by Gasteiger charge is 2.49. The number of rotatable bonds is 4. The molecule has 1 heterocycles. The van der Waals surface area contributed by atoms with Gasteiger partial charge in [0.15, 0.2) is 0 Å². The van der Waals surface area contributed by atoms with Gasteiger partial charge in [-0.2, -0.15) is 0 Å². The predicted molar refractivity (Wildman–Crippen MR) is 80.4 cm³/mol. The first kappa shape index (κ1) is 13.3. The van der Waals surface area contributed by atoms with Crippen LogP contribution in [-0.4, -0.2) is 29.8 Å². The molecular weight excluding hydrogens is 246 g/mol. The van der Waals surface area contributed by atoms with E-state index in [1.807, 2.05) is 0 Å². The Hall–Kier alpha value is -0.370. The number of carbonyl (C=O) groups excluding carboxylic acids is 1. The molecule has 0 aromatic rings. The van der Waals surface area contributed by atoms with E-state index in [1.165, 1.54) is 38.5 Å². The third-order valence-electron chi connectivity index (χ3n) is 7.00. The molecule has 0 aromatic carbocycles. The van der Waals surface area contributed by atoms with E-state index in [4.69, 9.17) is 0 Å². The molecule has 1 saturated heterocycles. The van der Waals surface area contributed by atoms with Gasteiger partial charge < -0.3 is 0 Å². The third kappa shape index (κ3) is 2.15. The van der Waals surface area contributed by atoms with Gasteiger partial charge in [-0.25, -0.2) is 0 Å². The van der Waals surface area contributed by atoms with Gasteiger partial charge in [0, 0.05) is 6.42 Å². The second kappa shape index (κ2) is 5.12. The molecule has 5 aliphatic rings. The summed E-state index contributed by atoms with van der Waals surface area (Å²) >= 11 is 0. The minimum absolute atomic E-state index is 0.275. The molecule has 20 heavy (non-hydrogen) atoms. The minimum Gasteiger partial charge on any atom is -0.298 e. The van der Waals surface area contributed by atoms with Gasteiger partial charge in [0.1, 0.15) is 5.78 Å². The summed E-state index contributed by atoms with van der Waals surface area (Å²) in [6.45, 7) is 4.40. The Morgan fingerprint density at radius 3 is 2.30 bits per heavy atom. The van der Waals surface area contributed by atoms with E-state index in [1.54, 1.807) is 0 Å². The van der Waals surface area contributed by atoms with E-state index < -0.39 is 0 Å². The highest BCUT2D eigenvalue weighted by atomic mass is 16.1. The molecule has 112 valence electrons. The zero-order valence-corrected chi connectivity index (χ0v) is 12.9. The average Bonchev–Trinajstić information content (AvgIpc) is 2.90. The molecule has 2 heteroatoms. The molecule has 5 rings (SSSR count). The minimum atomic E-state index is 0.275. The first-order chi connectivity index (χ1) is 9.74. The highest BCUT2D eigenvalue weighted by molar-refractivity contribution is 5.84. The summed E-state index contributed by atoms with van der Waals surface area (Å²) < 4.78 is 0. The molecule has 1 atom stereocenters. The summed E-state index contributed by atoms with van der Waals surface area (Å²) in [5.41, 5.74) is 0. The molecule has 4 saturated carbocycles. The van der Waals surface area contributed by atoms with E-state index in [0.717, 1.165) is 55.5 Å². The van der Waals surface area contributed by atoms with Crippen LogP contribution in [-0.2, 0) is 4.79 Å². The van der Waals surface area contributed by atoms with Crippen LogP contribution in [0.15, 0.2) is 0 Å². The number of likely N-dealkylation sites (tertiary alicyclic amines) is 1. The molecule has 0 radical (unpaired) electrons. The van der Waals surface area contributed by atoms with E-state index in [2.05, 4.69) is 11.8 Å². The molecule has 2 nitrogen and oxygen atoms in total. The molecule has 4 bridgehead atoms. The Morgan fingerprint density at radius 1 is 1.05 bits per heavy atom. The molecular formula is C18H29NO. The first-order valence-corrected chi connectivity index (χ1v) is 9.01. The van der Waals surface area contributed by atoms with Crippen molar-refractivity contribution < 1.29 is 4.79 Å². The van der Waals surface area contributed by atoms with E-state index in [-0.39, 0.29) is 6.04 Å². The number of hydrogen-bond donors (Lipinski definition) is 0. The Kier molecular flexibility index (Phi) is 3.41. The van der Waals surface area contributed by atoms with Gasteiger partial charge in [0.2, 0.25) is 0 Å². The standard InChI is InChI=1S/C18H29NO/c1-2-19-5-3-4-17(19)18(20)11-16-14-7-12-6-13(9-14)10-15(16)8-12/h12-17H,2-11H2,1H3/t12?,13?,14?,15?,16?,17-/m1/s1. The van der Waals surface area contributed by atoms with E-state index in [0.29, 0.717) is 5.78 Å². The lowest BCUT2D eigenvalue weighted by Gasteiger charge is -2.54. The zero-order valence-electron chi connectivity index (χ0n) is 12.9. The van der Waals surface area contributed by atoms with Crippen molar-refractivity contribution in [3.63, 3.8) is 0 Å². The van der Waals surface area contributed by atoms with Crippen molar-refractivity contribution in [3.05, 3.63) is 0 Å². The van der Waals surface area contributed by atoms with Gasteiger partial charge in [-0.3, -0.25) is 9.69 Å². The molecule has 1 aliphatic heterocycles. The second-order valence-corrected chi connectivity index (χ2v) is 8.05. The van der Waals surface area contributed by atoms with Crippen LogP contribution in [0.3, 0.4) is 0 Å². The second-order valence-electron chi connectivity index (χ2n) is 8.05. The maximum absolute atomic E-state index is 12.8. The van der Waals surface area contributed by atoms with Gasteiger partial charge >= 0.3 is 0 Å². The van der Waals surface area contributed by atoms with Gasteiger partial charge in [-0.05, 0) is 87.6 Å². The predicted octanol–water partition coefficient (Wildman–Crippen LogP) is 3.50. The van der Waals surface area contributed by atoms with Crippen molar-refractivity contribution >= 4 is 5.78 Å². The summed E-state index contributed by atoms with van der Waals surface area (Å²) in [5.74, 6) is 5.22. The number of hydrogen-bond acceptors (Lipinski definition) is 2. The largest absolute Gasteiger partial charge is 0.298 e. The maximum atomic E-state index is 12.8. The fourth-order valence-electron chi connectivity index (χ4n) is 6.31. The van der Waals surface area contributed by atoms with Crippen LogP contribution in [0.1, 0.15) is 58.3 Å². The van der Waals surface area contributed by atoms with Crippen LogP contribution in [0.4, 0.5) is 0 Å². The first-order valence-electron chi connectivity index (χ1n) is 9.01. The number of likely N-dealkylation sites (N-methyl/N-ethyl adjacent to an activating group) is 1. The van der Waals surface area contributed by atoms with Crippen LogP contribution >= 0.6 is 0 Å². The highest BCUT2D eigenvalue weighted by Crippen LogP contribution is 2.57. The van der Waals surface area contributed by atoms with E-state index in [9.17, 15) is 4.79 Å². The van der Waals surface area contributed by atoms with Gasteiger partial charge in [-0.1, -0.05) is 6.92 Å². The number of ketones is 1. The molecule has 4 aliphatic carbocycles. The fourth-order valence-corrected chi connectivity index (χ4v) is 6.31. The molecule has 0 unspecified atom stereocenters. The van der Waals surface area contributed by atoms with Crippen LogP contribution in [0.5, 0.6) is 0 Å². The molecule has 0 spiro atoms. The van der Waals surface area contributed by atoms with Crippen molar-refractivity contribution in [2.75, 3.05) is 13.1 Å². The van der Waals surface area contributed by atoms with Crippen molar-refractivity contribution in [1.82, 2.24) is 4.90 Å². The monoisotopic (exact) mass is 275 g/mol. The summed E-state index contributed by atoms with van der Waals surface area (Å²) in [6, 6.07) is 0.275. The topological polar surface area (TPSA) is 20.3 Å². The normalized spacial score (nSPS) is 47.0. The molecule has 0 aromatic heterocycles. The summed E-state index contributed by atoms with van der Waals surface area (Å²) in [7, 11) is 0. The van der Waals surface area contributed by atoms with Crippen molar-refractivity contribution in [2.24, 2.45) is 29.6 Å². The fraction of sp³-hybridized carbons (Fsp3) is 0.944. The van der Waals surface area contributed by atoms with Gasteiger partial charge in [0.05, 0.1) is 6.04 Å². The Labute approximate surface area is 123 Å². The quantitative estimate of drug-likeness (QED) is 0.782. The third-order valence-corrected chi connectivity index (χ3v) is 7.00. The SMILES string of the molecule is CCN1CCC[C@@H]1C(=O)CC1C2CC3CC(C2)CC1C3. The number of carbonyl (C=O) groups is 1. The number of Topliss-reactive ketones (excluding diaryl/α,β-unsaturated/α-hetero) is 1. The van der Waals surface area contributed by atoms with Gasteiger partial charge in [0.25, 0.3) is 0 Å². The lowest BCUT2D eigenvalue weighted by atomic mass is 9.51. The summed E-state index contributed by atoms with van der Waals surface area (Å²) in [4.78, 5) is 15.2. The summed E-state index contributed by atoms with van der Waals surface area (Å²) in [6.07, 6.45) is 10.6. The van der Waals surface area contributed by atoms with Crippen LogP contribution in [0.25, 0.3) is 0 Å². The summed E-state index contributed by atoms with van der Waals surface area (Å²) in [5, 5.41) is 0. The van der Waals surface area contributed by atoms with Gasteiger partial charge in [-0.15, -0.1) is 0 Å². The van der Waals surface area contributed by atoms with Crippen molar-refractivity contribution in [1.29, 1.82) is 0 Å². The Bertz CT molecular complexity index is 363. The molecule has 5 fully saturated rings. The Balaban J connectivity index is 1.43.